The van der Waals surface area contributed by atoms with E-state index in [0.29, 0.717) is 12.1 Å². The van der Waals surface area contributed by atoms with E-state index in [2.05, 4.69) is 33.8 Å². The van der Waals surface area contributed by atoms with Crippen molar-refractivity contribution in [1.82, 2.24) is 0 Å². The van der Waals surface area contributed by atoms with Gasteiger partial charge in [0.1, 0.15) is 11.8 Å². The first kappa shape index (κ1) is 12.7. The molecule has 2 aromatic rings. The summed E-state index contributed by atoms with van der Waals surface area (Å²) in [5.41, 5.74) is 1.59. The van der Waals surface area contributed by atoms with E-state index in [9.17, 15) is 0 Å². The molecule has 1 aromatic heterocycles. The number of furan rings is 1. The Labute approximate surface area is 115 Å². The summed E-state index contributed by atoms with van der Waals surface area (Å²) >= 11 is 3.44. The molecule has 2 rings (SSSR count). The minimum atomic E-state index is 0.661. The highest BCUT2D eigenvalue weighted by Crippen LogP contribution is 2.26. The zero-order valence-electron chi connectivity index (χ0n) is 10.1. The Hall–Kier alpha value is -1.73. The third kappa shape index (κ3) is 2.74. The van der Waals surface area contributed by atoms with Crippen LogP contribution in [0.2, 0.25) is 0 Å². The molecule has 4 heteroatoms. The second kappa shape index (κ2) is 5.74. The van der Waals surface area contributed by atoms with Gasteiger partial charge in [0.25, 0.3) is 0 Å². The maximum atomic E-state index is 9.16. The second-order valence-electron chi connectivity index (χ2n) is 3.87. The maximum absolute atomic E-state index is 9.16. The van der Waals surface area contributed by atoms with Crippen LogP contribution >= 0.6 is 15.9 Å². The normalized spacial score (nSPS) is 10.1. The van der Waals surface area contributed by atoms with Crippen molar-refractivity contribution < 1.29 is 4.42 Å². The third-order valence-corrected chi connectivity index (χ3v) is 3.22. The Kier molecular flexibility index (Phi) is 4.06. The first-order valence-electron chi connectivity index (χ1n) is 5.71. The molecule has 0 radical (unpaired) electrons. The van der Waals surface area contributed by atoms with Crippen molar-refractivity contribution in [2.75, 3.05) is 11.4 Å². The topological polar surface area (TPSA) is 40.2 Å². The Morgan fingerprint density at radius 1 is 1.39 bits per heavy atom. The SMILES string of the molecule is CCN(Cc1ccco1)c1cc(Br)ccc1C#N. The molecular formula is C14H13BrN2O. The van der Waals surface area contributed by atoms with Gasteiger partial charge in [0.2, 0.25) is 0 Å². The van der Waals surface area contributed by atoms with E-state index in [1.54, 1.807) is 6.26 Å². The van der Waals surface area contributed by atoms with Crippen molar-refractivity contribution in [2.24, 2.45) is 0 Å². The molecule has 0 unspecified atom stereocenters. The summed E-state index contributed by atoms with van der Waals surface area (Å²) in [7, 11) is 0. The number of hydrogen-bond donors (Lipinski definition) is 0. The zero-order valence-corrected chi connectivity index (χ0v) is 11.6. The van der Waals surface area contributed by atoms with Gasteiger partial charge >= 0.3 is 0 Å². The monoisotopic (exact) mass is 304 g/mol. The van der Waals surface area contributed by atoms with Gasteiger partial charge in [-0.15, -0.1) is 0 Å². The van der Waals surface area contributed by atoms with Gasteiger partial charge in [-0.1, -0.05) is 15.9 Å². The minimum Gasteiger partial charge on any atom is -0.467 e. The lowest BCUT2D eigenvalue weighted by atomic mass is 10.1. The number of nitriles is 1. The van der Waals surface area contributed by atoms with Crippen molar-refractivity contribution >= 4 is 21.6 Å². The molecule has 0 fully saturated rings. The van der Waals surface area contributed by atoms with Gasteiger partial charge in [0.05, 0.1) is 24.1 Å². The van der Waals surface area contributed by atoms with Gasteiger partial charge in [0, 0.05) is 11.0 Å². The number of nitrogens with zero attached hydrogens (tertiary/aromatic N) is 2. The summed E-state index contributed by atoms with van der Waals surface area (Å²) in [4.78, 5) is 2.11. The summed E-state index contributed by atoms with van der Waals surface area (Å²) in [6.45, 7) is 3.53. The average Bonchev–Trinajstić information content (AvgIpc) is 2.88. The summed E-state index contributed by atoms with van der Waals surface area (Å²) in [5.74, 6) is 0.890. The second-order valence-corrected chi connectivity index (χ2v) is 4.78. The number of hydrogen-bond acceptors (Lipinski definition) is 3. The zero-order chi connectivity index (χ0) is 13.0. The highest BCUT2D eigenvalue weighted by atomic mass is 79.9. The molecule has 92 valence electrons. The lowest BCUT2D eigenvalue weighted by Crippen LogP contribution is -2.22. The van der Waals surface area contributed by atoms with Gasteiger partial charge in [-0.25, -0.2) is 0 Å². The van der Waals surface area contributed by atoms with E-state index in [0.717, 1.165) is 22.5 Å². The van der Waals surface area contributed by atoms with Crippen LogP contribution in [0.3, 0.4) is 0 Å². The number of benzene rings is 1. The average molecular weight is 305 g/mol. The Balaban J connectivity index is 2.32. The molecule has 0 saturated carbocycles. The first-order valence-corrected chi connectivity index (χ1v) is 6.51. The van der Waals surface area contributed by atoms with E-state index >= 15 is 0 Å². The van der Waals surface area contributed by atoms with Gasteiger partial charge in [0.15, 0.2) is 0 Å². The predicted octanol–water partition coefficient (Wildman–Crippen LogP) is 3.94. The van der Waals surface area contributed by atoms with Crippen LogP contribution in [-0.4, -0.2) is 6.54 Å². The van der Waals surface area contributed by atoms with Gasteiger partial charge in [-0.05, 0) is 37.3 Å². The fourth-order valence-corrected chi connectivity index (χ4v) is 2.17. The van der Waals surface area contributed by atoms with Gasteiger partial charge in [-0.3, -0.25) is 0 Å². The lowest BCUT2D eigenvalue weighted by molar-refractivity contribution is 0.503. The Bertz CT molecular complexity index is 558. The van der Waals surface area contributed by atoms with E-state index < -0.39 is 0 Å². The molecule has 0 bridgehead atoms. The molecule has 3 nitrogen and oxygen atoms in total. The summed E-state index contributed by atoms with van der Waals surface area (Å²) < 4.78 is 6.32. The van der Waals surface area contributed by atoms with Crippen LogP contribution in [0.1, 0.15) is 18.2 Å². The molecular weight excluding hydrogens is 292 g/mol. The van der Waals surface area contributed by atoms with Crippen LogP contribution in [0.15, 0.2) is 45.5 Å². The van der Waals surface area contributed by atoms with E-state index in [-0.39, 0.29) is 0 Å². The van der Waals surface area contributed by atoms with Crippen LogP contribution in [0.25, 0.3) is 0 Å². The van der Waals surface area contributed by atoms with Crippen LogP contribution < -0.4 is 4.90 Å². The quantitative estimate of drug-likeness (QED) is 0.859. The molecule has 1 aromatic carbocycles. The summed E-state index contributed by atoms with van der Waals surface area (Å²) in [6, 6.07) is 11.7. The molecule has 0 amide bonds. The van der Waals surface area contributed by atoms with Gasteiger partial charge < -0.3 is 9.32 Å². The highest BCUT2D eigenvalue weighted by Gasteiger charge is 2.12. The molecule has 0 atom stereocenters. The molecule has 0 aliphatic heterocycles. The fourth-order valence-electron chi connectivity index (χ4n) is 1.82. The molecule has 1 heterocycles. The van der Waals surface area contributed by atoms with Crippen LogP contribution in [0.4, 0.5) is 5.69 Å². The Morgan fingerprint density at radius 3 is 2.83 bits per heavy atom. The summed E-state index contributed by atoms with van der Waals surface area (Å²) in [6.07, 6.45) is 1.66. The molecule has 0 saturated heterocycles. The number of rotatable bonds is 4. The van der Waals surface area contributed by atoms with E-state index in [4.69, 9.17) is 9.68 Å². The van der Waals surface area contributed by atoms with Crippen molar-refractivity contribution in [3.63, 3.8) is 0 Å². The van der Waals surface area contributed by atoms with Crippen molar-refractivity contribution in [1.29, 1.82) is 5.26 Å². The third-order valence-electron chi connectivity index (χ3n) is 2.73. The lowest BCUT2D eigenvalue weighted by Gasteiger charge is -2.23. The van der Waals surface area contributed by atoms with Gasteiger partial charge in [-0.2, -0.15) is 5.26 Å². The van der Waals surface area contributed by atoms with Crippen LogP contribution in [0, 0.1) is 11.3 Å². The smallest absolute Gasteiger partial charge is 0.123 e. The van der Waals surface area contributed by atoms with E-state index in [1.165, 1.54) is 0 Å². The predicted molar refractivity (Wildman–Crippen MR) is 74.3 cm³/mol. The van der Waals surface area contributed by atoms with Crippen molar-refractivity contribution in [2.45, 2.75) is 13.5 Å². The van der Waals surface area contributed by atoms with Crippen molar-refractivity contribution in [3.05, 3.63) is 52.4 Å². The summed E-state index contributed by atoms with van der Waals surface area (Å²) in [5, 5.41) is 9.16. The van der Waals surface area contributed by atoms with Crippen molar-refractivity contribution in [3.8, 4) is 6.07 Å². The van der Waals surface area contributed by atoms with Crippen LogP contribution in [0.5, 0.6) is 0 Å². The van der Waals surface area contributed by atoms with E-state index in [1.807, 2.05) is 30.3 Å². The first-order chi connectivity index (χ1) is 8.74. The Morgan fingerprint density at radius 2 is 2.22 bits per heavy atom. The highest BCUT2D eigenvalue weighted by molar-refractivity contribution is 9.10. The minimum absolute atomic E-state index is 0.661. The molecule has 0 aliphatic carbocycles. The van der Waals surface area contributed by atoms with Crippen LogP contribution in [-0.2, 0) is 6.54 Å². The largest absolute Gasteiger partial charge is 0.467 e. The molecule has 0 N–H and O–H groups in total. The standard InChI is InChI=1S/C14H13BrN2O/c1-2-17(10-13-4-3-7-18-13)14-8-12(15)6-5-11(14)9-16/h3-8H,2,10H2,1H3. The molecule has 0 aliphatic rings. The molecule has 18 heavy (non-hydrogen) atoms. The maximum Gasteiger partial charge on any atom is 0.123 e. The number of anilines is 1. The number of halogens is 1. The fraction of sp³-hybridized carbons (Fsp3) is 0.214. The molecule has 0 spiro atoms.